The highest BCUT2D eigenvalue weighted by Gasteiger charge is 2.01. The molecule has 0 atom stereocenters. The number of nitrogens with one attached hydrogen (secondary N) is 1. The predicted molar refractivity (Wildman–Crippen MR) is 69.4 cm³/mol. The van der Waals surface area contributed by atoms with Crippen molar-refractivity contribution in [2.75, 3.05) is 0 Å². The molecule has 0 rings (SSSR count). The first kappa shape index (κ1) is 13.6. The van der Waals surface area contributed by atoms with Crippen LogP contribution in [-0.4, -0.2) is 18.2 Å². The lowest BCUT2D eigenvalue weighted by Crippen LogP contribution is -2.06. The van der Waals surface area contributed by atoms with Crippen molar-refractivity contribution in [3.63, 3.8) is 0 Å². The smallest absolute Gasteiger partial charge is 0.144 e. The summed E-state index contributed by atoms with van der Waals surface area (Å²) in [6.07, 6.45) is 1.73. The van der Waals surface area contributed by atoms with E-state index < -0.39 is 0 Å². The molecule has 0 spiro atoms. The van der Waals surface area contributed by atoms with Gasteiger partial charge in [0.15, 0.2) is 0 Å². The predicted octanol–water partition coefficient (Wildman–Crippen LogP) is 3.39. The Bertz CT molecular complexity index is 245. The average molecular weight is 308 g/mol. The van der Waals surface area contributed by atoms with Crippen molar-refractivity contribution in [1.29, 1.82) is 5.41 Å². The zero-order chi connectivity index (χ0) is 11.1. The third-order valence-electron chi connectivity index (χ3n) is 1.36. The number of halogens is 1. The molecule has 0 unspecified atom stereocenters. The van der Waals surface area contributed by atoms with Gasteiger partial charge in [0.05, 0.1) is 12.3 Å². The third-order valence-corrected chi connectivity index (χ3v) is 1.97. The van der Waals surface area contributed by atoms with E-state index in [1.165, 1.54) is 0 Å². The van der Waals surface area contributed by atoms with Crippen LogP contribution in [0, 0.1) is 11.3 Å². The monoisotopic (exact) mass is 308 g/mol. The number of hydrogen-bond donors (Lipinski definition) is 1. The van der Waals surface area contributed by atoms with Crippen LogP contribution in [0.5, 0.6) is 0 Å². The molecule has 0 amide bonds. The first-order valence-electron chi connectivity index (χ1n) is 4.57. The molecule has 14 heavy (non-hydrogen) atoms. The summed E-state index contributed by atoms with van der Waals surface area (Å²) in [5, 5.41) is 7.51. The summed E-state index contributed by atoms with van der Waals surface area (Å²) in [7, 11) is 0. The number of allylic oxidation sites excluding steroid dienone is 1. The van der Waals surface area contributed by atoms with E-state index in [9.17, 15) is 0 Å². The van der Waals surface area contributed by atoms with E-state index in [0.29, 0.717) is 11.6 Å². The van der Waals surface area contributed by atoms with Crippen molar-refractivity contribution < 1.29 is 4.74 Å². The van der Waals surface area contributed by atoms with E-state index in [1.807, 2.05) is 31.8 Å². The molecule has 0 saturated carbocycles. The quantitative estimate of drug-likeness (QED) is 0.368. The molecular formula is C10H17IN2O. The fraction of sp³-hybridized carbons (Fsp3) is 0.600. The van der Waals surface area contributed by atoms with Crippen molar-refractivity contribution >= 4 is 34.6 Å². The molecule has 0 aromatic carbocycles. The zero-order valence-electron chi connectivity index (χ0n) is 9.04. The van der Waals surface area contributed by atoms with Gasteiger partial charge in [0, 0.05) is 10.0 Å². The molecule has 0 radical (unpaired) electrons. The van der Waals surface area contributed by atoms with E-state index in [0.717, 1.165) is 0 Å². The third kappa shape index (κ3) is 6.12. The Morgan fingerprint density at radius 3 is 2.29 bits per heavy atom. The Morgan fingerprint density at radius 1 is 1.36 bits per heavy atom. The number of aliphatic imine (C=N–C) groups is 1. The minimum Gasteiger partial charge on any atom is -0.489 e. The van der Waals surface area contributed by atoms with Gasteiger partial charge in [-0.2, -0.15) is 0 Å². The molecule has 80 valence electrons. The summed E-state index contributed by atoms with van der Waals surface area (Å²) in [4.78, 5) is 4.01. The van der Waals surface area contributed by atoms with Crippen molar-refractivity contribution in [3.05, 3.63) is 9.84 Å². The minimum absolute atomic E-state index is 0.135. The van der Waals surface area contributed by atoms with Gasteiger partial charge in [-0.15, -0.1) is 0 Å². The fourth-order valence-electron chi connectivity index (χ4n) is 0.639. The van der Waals surface area contributed by atoms with Crippen LogP contribution in [0.15, 0.2) is 14.8 Å². The van der Waals surface area contributed by atoms with E-state index in [1.54, 1.807) is 6.21 Å². The Balaban J connectivity index is 4.26. The molecule has 0 aliphatic carbocycles. The Kier molecular flexibility index (Phi) is 6.78. The lowest BCUT2D eigenvalue weighted by Gasteiger charge is -2.09. The summed E-state index contributed by atoms with van der Waals surface area (Å²) in [5.41, 5.74) is 0. The normalized spacial score (nSPS) is 12.9. The van der Waals surface area contributed by atoms with Crippen LogP contribution in [0.4, 0.5) is 0 Å². The maximum atomic E-state index is 7.51. The van der Waals surface area contributed by atoms with Crippen LogP contribution in [0.2, 0.25) is 0 Å². The minimum atomic E-state index is 0.135. The molecule has 0 bridgehead atoms. The van der Waals surface area contributed by atoms with Crippen molar-refractivity contribution in [2.24, 2.45) is 10.9 Å². The Hall–Kier alpha value is -0.390. The van der Waals surface area contributed by atoms with Gasteiger partial charge >= 0.3 is 0 Å². The lowest BCUT2D eigenvalue weighted by molar-refractivity contribution is 0.166. The molecule has 0 fully saturated rings. The van der Waals surface area contributed by atoms with E-state index >= 15 is 0 Å². The lowest BCUT2D eigenvalue weighted by atomic mass is 10.2. The molecule has 0 aromatic rings. The van der Waals surface area contributed by atoms with Crippen molar-refractivity contribution in [3.8, 4) is 0 Å². The topological polar surface area (TPSA) is 45.4 Å². The van der Waals surface area contributed by atoms with Crippen LogP contribution in [0.1, 0.15) is 27.7 Å². The fourth-order valence-corrected chi connectivity index (χ4v) is 0.946. The number of hydrogen-bond acceptors (Lipinski definition) is 2. The van der Waals surface area contributed by atoms with Gasteiger partial charge in [-0.1, -0.05) is 13.8 Å². The molecule has 0 aliphatic rings. The number of ether oxygens (including phenoxy) is 1. The second kappa shape index (κ2) is 6.98. The highest BCUT2D eigenvalue weighted by molar-refractivity contribution is 14.1. The molecule has 0 aliphatic heterocycles. The van der Waals surface area contributed by atoms with Crippen LogP contribution in [0.3, 0.4) is 0 Å². The van der Waals surface area contributed by atoms with Crippen LogP contribution >= 0.6 is 22.6 Å². The van der Waals surface area contributed by atoms with E-state index in [-0.39, 0.29) is 12.0 Å². The maximum absolute atomic E-state index is 7.51. The summed E-state index contributed by atoms with van der Waals surface area (Å²) >= 11 is 2.10. The maximum Gasteiger partial charge on any atom is 0.144 e. The number of amidine groups is 1. The molecule has 0 aromatic heterocycles. The second-order valence-electron chi connectivity index (χ2n) is 3.48. The Labute approximate surface area is 99.3 Å². The van der Waals surface area contributed by atoms with Gasteiger partial charge in [-0.3, -0.25) is 5.41 Å². The summed E-state index contributed by atoms with van der Waals surface area (Å²) in [6, 6.07) is 0. The van der Waals surface area contributed by atoms with E-state index in [2.05, 4.69) is 27.6 Å². The van der Waals surface area contributed by atoms with Gasteiger partial charge < -0.3 is 4.74 Å². The van der Waals surface area contributed by atoms with Crippen molar-refractivity contribution in [2.45, 2.75) is 33.8 Å². The standard InChI is InChI=1S/C10H17IN2O/c1-7(2)10(12)13-6-9(5-11)14-8(3)4/h5-8,12H,1-4H3/b9-5+,12-10?,13-6?. The molecule has 0 saturated heterocycles. The van der Waals surface area contributed by atoms with E-state index in [4.69, 9.17) is 10.1 Å². The average Bonchev–Trinajstić information content (AvgIpc) is 2.10. The molecule has 4 heteroatoms. The first-order valence-corrected chi connectivity index (χ1v) is 5.81. The largest absolute Gasteiger partial charge is 0.489 e. The van der Waals surface area contributed by atoms with Gasteiger partial charge in [0.25, 0.3) is 0 Å². The van der Waals surface area contributed by atoms with Gasteiger partial charge in [0.2, 0.25) is 0 Å². The summed E-state index contributed by atoms with van der Waals surface area (Å²) < 4.78 is 7.25. The highest BCUT2D eigenvalue weighted by atomic mass is 127. The van der Waals surface area contributed by atoms with Crippen LogP contribution in [-0.2, 0) is 4.74 Å². The molecule has 3 nitrogen and oxygen atoms in total. The Morgan fingerprint density at radius 2 is 1.93 bits per heavy atom. The highest BCUT2D eigenvalue weighted by Crippen LogP contribution is 2.04. The number of nitrogens with zero attached hydrogens (tertiary/aromatic N) is 1. The molecule has 1 N–H and O–H groups in total. The van der Waals surface area contributed by atoms with Crippen LogP contribution in [0.25, 0.3) is 0 Å². The summed E-state index contributed by atoms with van der Waals surface area (Å²) in [6.45, 7) is 7.80. The molecular weight excluding hydrogens is 291 g/mol. The first-order chi connectivity index (χ1) is 6.47. The second-order valence-corrected chi connectivity index (χ2v) is 4.10. The molecule has 0 heterocycles. The van der Waals surface area contributed by atoms with Gasteiger partial charge in [0.1, 0.15) is 11.6 Å². The SMILES string of the molecule is CC(C)O/C(C=NC(=N)C(C)C)=C/I. The van der Waals surface area contributed by atoms with Gasteiger partial charge in [-0.25, -0.2) is 4.99 Å². The van der Waals surface area contributed by atoms with Crippen molar-refractivity contribution in [1.82, 2.24) is 0 Å². The van der Waals surface area contributed by atoms with Crippen LogP contribution < -0.4 is 0 Å². The van der Waals surface area contributed by atoms with Gasteiger partial charge in [-0.05, 0) is 36.4 Å². The summed E-state index contributed by atoms with van der Waals surface area (Å²) in [5.74, 6) is 1.22. The zero-order valence-corrected chi connectivity index (χ0v) is 11.2. The number of rotatable bonds is 4.